The van der Waals surface area contributed by atoms with E-state index in [-0.39, 0.29) is 5.56 Å². The van der Waals surface area contributed by atoms with Gasteiger partial charge < -0.3 is 15.7 Å². The first-order valence-electron chi connectivity index (χ1n) is 7.02. The molecule has 2 aromatic rings. The first kappa shape index (κ1) is 16.0. The molecule has 3 N–H and O–H groups in total. The molecule has 2 aromatic carbocycles. The van der Waals surface area contributed by atoms with E-state index in [1.54, 1.807) is 36.4 Å². The molecule has 1 unspecified atom stereocenters. The molecule has 0 saturated heterocycles. The number of benzene rings is 2. The lowest BCUT2D eigenvalue weighted by Crippen LogP contribution is -2.41. The van der Waals surface area contributed by atoms with Crippen molar-refractivity contribution in [2.45, 2.75) is 6.04 Å². The Morgan fingerprint density at radius 2 is 1.96 bits per heavy atom. The Kier molecular flexibility index (Phi) is 4.22. The van der Waals surface area contributed by atoms with Crippen LogP contribution >= 0.6 is 11.6 Å². The van der Waals surface area contributed by atoms with E-state index in [2.05, 4.69) is 10.6 Å². The van der Waals surface area contributed by atoms with Crippen LogP contribution in [0.5, 0.6) is 0 Å². The Morgan fingerprint density at radius 1 is 1.21 bits per heavy atom. The largest absolute Gasteiger partial charge is 0.465 e. The van der Waals surface area contributed by atoms with E-state index >= 15 is 0 Å². The van der Waals surface area contributed by atoms with E-state index in [1.807, 2.05) is 0 Å². The summed E-state index contributed by atoms with van der Waals surface area (Å²) in [5.74, 6) is -1.05. The third-order valence-corrected chi connectivity index (χ3v) is 3.82. The molecule has 2 amide bonds. The lowest BCUT2D eigenvalue weighted by molar-refractivity contribution is -0.117. The van der Waals surface area contributed by atoms with Crippen LogP contribution in [0.4, 0.5) is 14.9 Å². The molecule has 1 aliphatic rings. The average Bonchev–Trinajstić information content (AvgIpc) is 2.65. The Bertz CT molecular complexity index is 867. The summed E-state index contributed by atoms with van der Waals surface area (Å²) in [6, 6.07) is 9.66. The second-order valence-corrected chi connectivity index (χ2v) is 5.60. The molecular formula is C17H12ClFN2O3. The van der Waals surface area contributed by atoms with Crippen molar-refractivity contribution in [1.82, 2.24) is 5.32 Å². The van der Waals surface area contributed by atoms with Crippen molar-refractivity contribution in [2.24, 2.45) is 0 Å². The molecule has 0 saturated carbocycles. The van der Waals surface area contributed by atoms with Crippen LogP contribution in [0.1, 0.15) is 11.1 Å². The van der Waals surface area contributed by atoms with E-state index in [0.717, 1.165) is 0 Å². The molecule has 1 heterocycles. The van der Waals surface area contributed by atoms with Crippen molar-refractivity contribution in [3.63, 3.8) is 0 Å². The normalized spacial score (nSPS) is 16.5. The Hall–Kier alpha value is -2.86. The van der Waals surface area contributed by atoms with E-state index < -0.39 is 23.9 Å². The summed E-state index contributed by atoms with van der Waals surface area (Å²) in [5, 5.41) is 14.1. The number of carbonyl (C=O) groups excluding carboxylic acids is 1. The first-order chi connectivity index (χ1) is 11.5. The highest BCUT2D eigenvalue weighted by Crippen LogP contribution is 2.35. The topological polar surface area (TPSA) is 78.4 Å². The van der Waals surface area contributed by atoms with E-state index in [4.69, 9.17) is 16.7 Å². The van der Waals surface area contributed by atoms with Crippen LogP contribution in [0.25, 0.3) is 5.57 Å². The van der Waals surface area contributed by atoms with Crippen molar-refractivity contribution in [3.05, 3.63) is 70.5 Å². The molecule has 7 heteroatoms. The Balaban J connectivity index is 2.23. The van der Waals surface area contributed by atoms with Crippen LogP contribution in [0, 0.1) is 5.82 Å². The maximum atomic E-state index is 14.3. The van der Waals surface area contributed by atoms with Gasteiger partial charge >= 0.3 is 6.09 Å². The molecule has 1 atom stereocenters. The lowest BCUT2D eigenvalue weighted by atomic mass is 9.95. The van der Waals surface area contributed by atoms with Gasteiger partial charge in [-0.3, -0.25) is 4.79 Å². The number of fused-ring (bicyclic) bond motifs is 1. The van der Waals surface area contributed by atoms with Gasteiger partial charge in [0.2, 0.25) is 0 Å². The SMILES string of the molecule is O=C(O)NC1C=C(c2ccccc2F)c2cc(Cl)ccc2NC1=O. The number of carboxylic acid groups (broad SMARTS) is 1. The van der Waals surface area contributed by atoms with Crippen molar-refractivity contribution < 1.29 is 19.1 Å². The minimum absolute atomic E-state index is 0.245. The van der Waals surface area contributed by atoms with Crippen LogP contribution in [0.15, 0.2) is 48.5 Å². The van der Waals surface area contributed by atoms with E-state index in [0.29, 0.717) is 21.8 Å². The summed E-state index contributed by atoms with van der Waals surface area (Å²) in [6.45, 7) is 0. The number of anilines is 1. The third-order valence-electron chi connectivity index (χ3n) is 3.59. The van der Waals surface area contributed by atoms with Gasteiger partial charge in [-0.2, -0.15) is 0 Å². The zero-order valence-electron chi connectivity index (χ0n) is 12.2. The van der Waals surface area contributed by atoms with Gasteiger partial charge in [0.25, 0.3) is 5.91 Å². The molecule has 0 aromatic heterocycles. The monoisotopic (exact) mass is 346 g/mol. The van der Waals surface area contributed by atoms with Crippen molar-refractivity contribution in [1.29, 1.82) is 0 Å². The number of hydrogen-bond acceptors (Lipinski definition) is 2. The van der Waals surface area contributed by atoms with Crippen LogP contribution in [0.3, 0.4) is 0 Å². The highest BCUT2D eigenvalue weighted by Gasteiger charge is 2.26. The van der Waals surface area contributed by atoms with Crippen molar-refractivity contribution in [2.75, 3.05) is 5.32 Å². The van der Waals surface area contributed by atoms with Gasteiger partial charge in [-0.05, 0) is 35.9 Å². The van der Waals surface area contributed by atoms with Gasteiger partial charge in [0, 0.05) is 21.8 Å². The maximum Gasteiger partial charge on any atom is 0.405 e. The molecule has 0 radical (unpaired) electrons. The molecule has 122 valence electrons. The molecule has 1 aliphatic heterocycles. The molecule has 0 bridgehead atoms. The molecule has 0 fully saturated rings. The maximum absolute atomic E-state index is 14.3. The molecule has 0 aliphatic carbocycles. The number of rotatable bonds is 2. The molecule has 3 rings (SSSR count). The van der Waals surface area contributed by atoms with Crippen LogP contribution in [-0.4, -0.2) is 23.1 Å². The van der Waals surface area contributed by atoms with Crippen molar-refractivity contribution >= 4 is 34.9 Å². The smallest absolute Gasteiger partial charge is 0.405 e. The molecular weight excluding hydrogens is 335 g/mol. The van der Waals surface area contributed by atoms with Gasteiger partial charge in [0.15, 0.2) is 0 Å². The van der Waals surface area contributed by atoms with Gasteiger partial charge in [0.1, 0.15) is 11.9 Å². The first-order valence-corrected chi connectivity index (χ1v) is 7.40. The fourth-order valence-electron chi connectivity index (χ4n) is 2.55. The fraction of sp³-hybridized carbons (Fsp3) is 0.0588. The summed E-state index contributed by atoms with van der Waals surface area (Å²) in [6.07, 6.45) is 0.0209. The molecule has 5 nitrogen and oxygen atoms in total. The number of carbonyl (C=O) groups is 2. The lowest BCUT2D eigenvalue weighted by Gasteiger charge is -2.12. The zero-order valence-corrected chi connectivity index (χ0v) is 13.0. The van der Waals surface area contributed by atoms with Gasteiger partial charge in [-0.1, -0.05) is 29.8 Å². The second-order valence-electron chi connectivity index (χ2n) is 5.17. The standard InChI is InChI=1S/C17H12ClFN2O3/c18-9-5-6-14-12(7-9)11(10-3-1-2-4-13(10)19)8-15(16(22)20-14)21-17(23)24/h1-8,15,21H,(H,20,22)(H,23,24). The summed E-state index contributed by atoms with van der Waals surface area (Å²) in [5.41, 5.74) is 1.56. The highest BCUT2D eigenvalue weighted by atomic mass is 35.5. The summed E-state index contributed by atoms with van der Waals surface area (Å²) >= 11 is 6.04. The Morgan fingerprint density at radius 3 is 2.67 bits per heavy atom. The third kappa shape index (κ3) is 3.09. The summed E-state index contributed by atoms with van der Waals surface area (Å²) in [7, 11) is 0. The van der Waals surface area contributed by atoms with E-state index in [1.165, 1.54) is 12.1 Å². The minimum atomic E-state index is -1.36. The summed E-state index contributed by atoms with van der Waals surface area (Å²) in [4.78, 5) is 23.2. The number of amides is 2. The number of halogens is 2. The van der Waals surface area contributed by atoms with Crippen LogP contribution in [-0.2, 0) is 4.79 Å². The molecule has 24 heavy (non-hydrogen) atoms. The number of hydrogen-bond donors (Lipinski definition) is 3. The minimum Gasteiger partial charge on any atom is -0.465 e. The van der Waals surface area contributed by atoms with Crippen LogP contribution in [0.2, 0.25) is 5.02 Å². The average molecular weight is 347 g/mol. The number of nitrogens with one attached hydrogen (secondary N) is 2. The summed E-state index contributed by atoms with van der Waals surface area (Å²) < 4.78 is 14.3. The zero-order chi connectivity index (χ0) is 17.3. The predicted molar refractivity (Wildman–Crippen MR) is 88.5 cm³/mol. The predicted octanol–water partition coefficient (Wildman–Crippen LogP) is 3.50. The van der Waals surface area contributed by atoms with E-state index in [9.17, 15) is 14.0 Å². The highest BCUT2D eigenvalue weighted by molar-refractivity contribution is 6.31. The molecule has 0 spiro atoms. The van der Waals surface area contributed by atoms with Crippen molar-refractivity contribution in [3.8, 4) is 0 Å². The van der Waals surface area contributed by atoms with Gasteiger partial charge in [0.05, 0.1) is 0 Å². The van der Waals surface area contributed by atoms with Gasteiger partial charge in [-0.25, -0.2) is 9.18 Å². The second kappa shape index (κ2) is 6.33. The van der Waals surface area contributed by atoms with Crippen LogP contribution < -0.4 is 10.6 Å². The van der Waals surface area contributed by atoms with Gasteiger partial charge in [-0.15, -0.1) is 0 Å². The quantitative estimate of drug-likeness (QED) is 0.778. The fourth-order valence-corrected chi connectivity index (χ4v) is 2.72. The Labute approximate surface area is 141 Å².